The maximum Gasteiger partial charge on any atom is 0.312 e. The predicted molar refractivity (Wildman–Crippen MR) is 72.5 cm³/mol. The molecular formula is C14H20N4O. The molecule has 3 aliphatic heterocycles. The highest BCUT2D eigenvalue weighted by molar-refractivity contribution is 5.72. The van der Waals surface area contributed by atoms with Crippen molar-refractivity contribution in [3.8, 4) is 0 Å². The molecule has 4 rings (SSSR count). The Kier molecular flexibility index (Phi) is 3.38. The predicted octanol–water partition coefficient (Wildman–Crippen LogP) is 0.755. The van der Waals surface area contributed by atoms with Crippen LogP contribution in [0.3, 0.4) is 0 Å². The third-order valence-electron chi connectivity index (χ3n) is 4.44. The monoisotopic (exact) mass is 260 g/mol. The van der Waals surface area contributed by atoms with Crippen molar-refractivity contribution in [2.24, 2.45) is 11.7 Å². The summed E-state index contributed by atoms with van der Waals surface area (Å²) in [5.41, 5.74) is 6.55. The molecule has 1 aromatic rings. The number of fused-ring (bicyclic) bond motifs is 3. The number of pyridine rings is 1. The van der Waals surface area contributed by atoms with Gasteiger partial charge in [0, 0.05) is 24.5 Å². The maximum atomic E-state index is 11.2. The van der Waals surface area contributed by atoms with E-state index in [1.165, 1.54) is 5.56 Å². The molecule has 0 aliphatic carbocycles. The molecule has 3 N–H and O–H groups in total. The number of urea groups is 1. The molecule has 2 bridgehead atoms. The zero-order valence-corrected chi connectivity index (χ0v) is 11.0. The quantitative estimate of drug-likeness (QED) is 0.842. The molecule has 3 fully saturated rings. The number of nitrogens with zero attached hydrogens (tertiary/aromatic N) is 2. The van der Waals surface area contributed by atoms with E-state index in [0.29, 0.717) is 12.0 Å². The summed E-state index contributed by atoms with van der Waals surface area (Å²) in [4.78, 5) is 17.9. The fraction of sp³-hybridized carbons (Fsp3) is 0.571. The summed E-state index contributed by atoms with van der Waals surface area (Å²) in [6.45, 7) is 2.26. The second-order valence-corrected chi connectivity index (χ2v) is 5.54. The zero-order chi connectivity index (χ0) is 13.2. The van der Waals surface area contributed by atoms with E-state index in [1.807, 2.05) is 12.3 Å². The average Bonchev–Trinajstić information content (AvgIpc) is 2.43. The van der Waals surface area contributed by atoms with E-state index in [-0.39, 0.29) is 6.04 Å². The first-order valence-electron chi connectivity index (χ1n) is 6.93. The van der Waals surface area contributed by atoms with Gasteiger partial charge in [0.1, 0.15) is 0 Å². The highest BCUT2D eigenvalue weighted by Crippen LogP contribution is 2.33. The maximum absolute atomic E-state index is 11.2. The number of aromatic nitrogens is 1. The minimum atomic E-state index is -0.407. The average molecular weight is 260 g/mol. The second-order valence-electron chi connectivity index (χ2n) is 5.54. The van der Waals surface area contributed by atoms with Crippen LogP contribution >= 0.6 is 0 Å². The van der Waals surface area contributed by atoms with Gasteiger partial charge < -0.3 is 11.1 Å². The van der Waals surface area contributed by atoms with Crippen LogP contribution in [0.1, 0.15) is 18.4 Å². The van der Waals surface area contributed by atoms with Gasteiger partial charge in [-0.3, -0.25) is 9.88 Å². The molecule has 0 aromatic carbocycles. The summed E-state index contributed by atoms with van der Waals surface area (Å²) in [7, 11) is 0. The molecule has 2 atom stereocenters. The van der Waals surface area contributed by atoms with Gasteiger partial charge >= 0.3 is 6.03 Å². The Morgan fingerprint density at radius 1 is 1.47 bits per heavy atom. The van der Waals surface area contributed by atoms with Gasteiger partial charge in [0.25, 0.3) is 0 Å². The topological polar surface area (TPSA) is 71.2 Å². The lowest BCUT2D eigenvalue weighted by molar-refractivity contribution is 0.0182. The molecule has 0 saturated carbocycles. The van der Waals surface area contributed by atoms with E-state index in [0.717, 1.165) is 32.4 Å². The van der Waals surface area contributed by atoms with Gasteiger partial charge in [0.05, 0.1) is 0 Å². The summed E-state index contributed by atoms with van der Waals surface area (Å²) in [6, 6.07) is 4.18. The first kappa shape index (κ1) is 12.4. The van der Waals surface area contributed by atoms with Crippen LogP contribution < -0.4 is 11.1 Å². The highest BCUT2D eigenvalue weighted by atomic mass is 16.2. The lowest BCUT2D eigenvalue weighted by Gasteiger charge is -2.51. The van der Waals surface area contributed by atoms with E-state index >= 15 is 0 Å². The van der Waals surface area contributed by atoms with E-state index in [4.69, 9.17) is 5.73 Å². The number of hydrogen-bond donors (Lipinski definition) is 2. The van der Waals surface area contributed by atoms with Crippen LogP contribution in [0.2, 0.25) is 0 Å². The van der Waals surface area contributed by atoms with Crippen LogP contribution in [0.15, 0.2) is 24.5 Å². The van der Waals surface area contributed by atoms with Crippen molar-refractivity contribution < 1.29 is 4.79 Å². The SMILES string of the molecule is NC(=O)NC1C2CCN(CC2)C1Cc1cccnc1. The van der Waals surface area contributed by atoms with Crippen molar-refractivity contribution in [1.82, 2.24) is 15.2 Å². The third-order valence-corrected chi connectivity index (χ3v) is 4.44. The number of nitrogens with two attached hydrogens (primary N) is 1. The van der Waals surface area contributed by atoms with Gasteiger partial charge in [-0.25, -0.2) is 4.79 Å². The number of primary amides is 1. The minimum Gasteiger partial charge on any atom is -0.352 e. The van der Waals surface area contributed by atoms with Crippen molar-refractivity contribution in [2.75, 3.05) is 13.1 Å². The molecule has 0 radical (unpaired) electrons. The summed E-state index contributed by atoms with van der Waals surface area (Å²) in [6.07, 6.45) is 6.94. The van der Waals surface area contributed by atoms with Crippen LogP contribution in [0, 0.1) is 5.92 Å². The van der Waals surface area contributed by atoms with Crippen molar-refractivity contribution in [1.29, 1.82) is 0 Å². The van der Waals surface area contributed by atoms with Crippen molar-refractivity contribution >= 4 is 6.03 Å². The molecular weight excluding hydrogens is 240 g/mol. The highest BCUT2D eigenvalue weighted by Gasteiger charge is 2.42. The molecule has 2 amide bonds. The van der Waals surface area contributed by atoms with Gasteiger partial charge in [-0.15, -0.1) is 0 Å². The zero-order valence-electron chi connectivity index (χ0n) is 11.0. The Balaban J connectivity index is 1.78. The summed E-state index contributed by atoms with van der Waals surface area (Å²) < 4.78 is 0. The van der Waals surface area contributed by atoms with E-state index < -0.39 is 6.03 Å². The van der Waals surface area contributed by atoms with Crippen LogP contribution in [0.5, 0.6) is 0 Å². The van der Waals surface area contributed by atoms with Crippen molar-refractivity contribution in [3.63, 3.8) is 0 Å². The number of rotatable bonds is 3. The Labute approximate surface area is 113 Å². The molecule has 0 spiro atoms. The molecule has 5 nitrogen and oxygen atoms in total. The van der Waals surface area contributed by atoms with Crippen LogP contribution in [-0.2, 0) is 6.42 Å². The lowest BCUT2D eigenvalue weighted by atomic mass is 9.77. The number of hydrogen-bond acceptors (Lipinski definition) is 3. The molecule has 1 aromatic heterocycles. The number of amides is 2. The summed E-state index contributed by atoms with van der Waals surface area (Å²) >= 11 is 0. The first-order chi connectivity index (χ1) is 9.24. The molecule has 5 heteroatoms. The number of piperidine rings is 3. The van der Waals surface area contributed by atoms with Gasteiger partial charge in [-0.2, -0.15) is 0 Å². The molecule has 4 heterocycles. The number of carbonyl (C=O) groups excluding carboxylic acids is 1. The molecule has 3 saturated heterocycles. The van der Waals surface area contributed by atoms with Gasteiger partial charge in [-0.1, -0.05) is 6.07 Å². The third kappa shape index (κ3) is 2.56. The van der Waals surface area contributed by atoms with Crippen molar-refractivity contribution in [3.05, 3.63) is 30.1 Å². The normalized spacial score (nSPS) is 33.1. The van der Waals surface area contributed by atoms with Gasteiger partial charge in [0.15, 0.2) is 0 Å². The number of carbonyl (C=O) groups is 1. The Bertz CT molecular complexity index is 442. The standard InChI is InChI=1S/C14H20N4O/c15-14(19)17-13-11-3-6-18(7-4-11)12(13)8-10-2-1-5-16-9-10/h1-2,5,9,11-13H,3-4,6-8H2,(H3,15,17,19). The molecule has 3 aliphatic rings. The Hall–Kier alpha value is -1.62. The van der Waals surface area contributed by atoms with E-state index in [2.05, 4.69) is 21.3 Å². The van der Waals surface area contributed by atoms with Crippen LogP contribution in [0.25, 0.3) is 0 Å². The van der Waals surface area contributed by atoms with E-state index in [1.54, 1.807) is 6.20 Å². The minimum absolute atomic E-state index is 0.181. The van der Waals surface area contributed by atoms with Crippen LogP contribution in [-0.4, -0.2) is 41.1 Å². The fourth-order valence-electron chi connectivity index (χ4n) is 3.55. The number of nitrogens with one attached hydrogen (secondary N) is 1. The first-order valence-corrected chi connectivity index (χ1v) is 6.93. The molecule has 19 heavy (non-hydrogen) atoms. The Morgan fingerprint density at radius 2 is 2.26 bits per heavy atom. The van der Waals surface area contributed by atoms with Gasteiger partial charge in [0.2, 0.25) is 0 Å². The van der Waals surface area contributed by atoms with Crippen molar-refractivity contribution in [2.45, 2.75) is 31.3 Å². The van der Waals surface area contributed by atoms with Crippen LogP contribution in [0.4, 0.5) is 4.79 Å². The molecule has 2 unspecified atom stereocenters. The summed E-state index contributed by atoms with van der Waals surface area (Å²) in [5.74, 6) is 0.569. The molecule has 102 valence electrons. The summed E-state index contributed by atoms with van der Waals surface area (Å²) in [5, 5.41) is 2.96. The second kappa shape index (κ2) is 5.17. The fourth-order valence-corrected chi connectivity index (χ4v) is 3.55. The largest absolute Gasteiger partial charge is 0.352 e. The van der Waals surface area contributed by atoms with E-state index in [9.17, 15) is 4.79 Å². The smallest absolute Gasteiger partial charge is 0.312 e. The Morgan fingerprint density at radius 3 is 2.89 bits per heavy atom. The van der Waals surface area contributed by atoms with Gasteiger partial charge in [-0.05, 0) is 49.9 Å². The lowest BCUT2D eigenvalue weighted by Crippen LogP contribution is -2.64.